The Morgan fingerprint density at radius 2 is 1.52 bits per heavy atom. The van der Waals surface area contributed by atoms with Crippen LogP contribution in [0.2, 0.25) is 5.02 Å². The summed E-state index contributed by atoms with van der Waals surface area (Å²) in [7, 11) is 0. The molecule has 0 fully saturated rings. The molecule has 0 aromatic heterocycles. The third-order valence-corrected chi connectivity index (χ3v) is 4.35. The van der Waals surface area contributed by atoms with Crippen molar-refractivity contribution >= 4 is 23.5 Å². The molecule has 2 aromatic rings. The monoisotopic (exact) mass is 388 g/mol. The number of hydrogen-bond donors (Lipinski definition) is 0. The maximum atomic E-state index is 12.4. The second-order valence-corrected chi connectivity index (χ2v) is 6.69. The van der Waals surface area contributed by atoms with Gasteiger partial charge in [-0.3, -0.25) is 0 Å². The Balaban J connectivity index is 1.89. The van der Waals surface area contributed by atoms with Crippen molar-refractivity contribution < 1.29 is 19.1 Å². The molecule has 0 N–H and O–H groups in total. The van der Waals surface area contributed by atoms with E-state index in [1.54, 1.807) is 30.3 Å². The lowest BCUT2D eigenvalue weighted by Gasteiger charge is -2.10. The molecule has 0 unspecified atom stereocenters. The second kappa shape index (κ2) is 11.4. The lowest BCUT2D eigenvalue weighted by Crippen LogP contribution is -2.15. The highest BCUT2D eigenvalue weighted by Gasteiger charge is 2.18. The number of carbonyl (C=O) groups excluding carboxylic acids is 2. The van der Waals surface area contributed by atoms with Gasteiger partial charge in [-0.25, -0.2) is 9.59 Å². The smallest absolute Gasteiger partial charge is 0.339 e. The van der Waals surface area contributed by atoms with E-state index in [1.807, 2.05) is 18.2 Å². The van der Waals surface area contributed by atoms with E-state index in [-0.39, 0.29) is 17.7 Å². The van der Waals surface area contributed by atoms with E-state index in [4.69, 9.17) is 21.1 Å². The van der Waals surface area contributed by atoms with Gasteiger partial charge in [0.05, 0.1) is 24.3 Å². The predicted molar refractivity (Wildman–Crippen MR) is 106 cm³/mol. The maximum absolute atomic E-state index is 12.4. The van der Waals surface area contributed by atoms with E-state index in [1.165, 1.54) is 0 Å². The Labute approximate surface area is 165 Å². The van der Waals surface area contributed by atoms with Crippen LogP contribution in [0.25, 0.3) is 0 Å². The Kier molecular flexibility index (Phi) is 8.85. The van der Waals surface area contributed by atoms with Crippen molar-refractivity contribution in [2.45, 2.75) is 39.0 Å². The minimum atomic E-state index is -0.532. The van der Waals surface area contributed by atoms with Crippen molar-refractivity contribution in [1.29, 1.82) is 0 Å². The van der Waals surface area contributed by atoms with Gasteiger partial charge < -0.3 is 9.47 Å². The normalized spacial score (nSPS) is 10.4. The summed E-state index contributed by atoms with van der Waals surface area (Å²) < 4.78 is 10.6. The van der Waals surface area contributed by atoms with Crippen LogP contribution < -0.4 is 0 Å². The highest BCUT2D eigenvalue weighted by Crippen LogP contribution is 2.14. The molecule has 0 aliphatic heterocycles. The third-order valence-electron chi connectivity index (χ3n) is 4.11. The fraction of sp³-hybridized carbons (Fsp3) is 0.364. The molecular formula is C22H25ClO4. The van der Waals surface area contributed by atoms with Crippen LogP contribution in [0.4, 0.5) is 0 Å². The Morgan fingerprint density at radius 1 is 0.852 bits per heavy atom. The third kappa shape index (κ3) is 7.06. The van der Waals surface area contributed by atoms with Crippen molar-refractivity contribution in [2.75, 3.05) is 13.2 Å². The number of esters is 2. The SMILES string of the molecule is CCCCCCOC(=O)c1ccccc1C(=O)OCCc1cccc(Cl)c1. The van der Waals surface area contributed by atoms with Crippen LogP contribution in [0, 0.1) is 0 Å². The second-order valence-electron chi connectivity index (χ2n) is 6.26. The van der Waals surface area contributed by atoms with E-state index in [0.29, 0.717) is 18.1 Å². The minimum Gasteiger partial charge on any atom is -0.462 e. The Morgan fingerprint density at radius 3 is 2.15 bits per heavy atom. The molecule has 0 aliphatic rings. The van der Waals surface area contributed by atoms with Gasteiger partial charge in [0.15, 0.2) is 0 Å². The predicted octanol–water partition coefficient (Wildman–Crippen LogP) is 5.48. The van der Waals surface area contributed by atoms with Crippen LogP contribution >= 0.6 is 11.6 Å². The lowest BCUT2D eigenvalue weighted by atomic mass is 10.1. The van der Waals surface area contributed by atoms with Crippen molar-refractivity contribution in [2.24, 2.45) is 0 Å². The fourth-order valence-corrected chi connectivity index (χ4v) is 2.86. The van der Waals surface area contributed by atoms with E-state index >= 15 is 0 Å². The molecule has 0 amide bonds. The average Bonchev–Trinajstić information content (AvgIpc) is 2.67. The van der Waals surface area contributed by atoms with Gasteiger partial charge in [0.2, 0.25) is 0 Å². The number of ether oxygens (including phenoxy) is 2. The largest absolute Gasteiger partial charge is 0.462 e. The minimum absolute atomic E-state index is 0.208. The lowest BCUT2D eigenvalue weighted by molar-refractivity contribution is 0.0456. The van der Waals surface area contributed by atoms with Gasteiger partial charge in [-0.2, -0.15) is 0 Å². The van der Waals surface area contributed by atoms with Crippen molar-refractivity contribution in [3.63, 3.8) is 0 Å². The molecule has 0 aliphatic carbocycles. The molecule has 144 valence electrons. The van der Waals surface area contributed by atoms with Gasteiger partial charge >= 0.3 is 11.9 Å². The number of halogens is 1. The first-order valence-corrected chi connectivity index (χ1v) is 9.67. The molecule has 0 saturated carbocycles. The van der Waals surface area contributed by atoms with Gasteiger partial charge in [-0.05, 0) is 36.2 Å². The summed E-state index contributed by atoms with van der Waals surface area (Å²) in [6.45, 7) is 2.69. The highest BCUT2D eigenvalue weighted by atomic mass is 35.5. The molecule has 27 heavy (non-hydrogen) atoms. The van der Waals surface area contributed by atoms with Crippen molar-refractivity contribution in [3.8, 4) is 0 Å². The van der Waals surface area contributed by atoms with Crippen molar-refractivity contribution in [1.82, 2.24) is 0 Å². The van der Waals surface area contributed by atoms with Gasteiger partial charge in [0.1, 0.15) is 0 Å². The number of benzene rings is 2. The zero-order valence-corrected chi connectivity index (χ0v) is 16.3. The average molecular weight is 389 g/mol. The first-order valence-electron chi connectivity index (χ1n) is 9.29. The topological polar surface area (TPSA) is 52.6 Å². The van der Waals surface area contributed by atoms with E-state index < -0.39 is 11.9 Å². The summed E-state index contributed by atoms with van der Waals surface area (Å²) in [4.78, 5) is 24.7. The Hall–Kier alpha value is -2.33. The van der Waals surface area contributed by atoms with Gasteiger partial charge in [-0.1, -0.05) is 62.1 Å². The summed E-state index contributed by atoms with van der Waals surface area (Å²) in [5, 5.41) is 0.644. The highest BCUT2D eigenvalue weighted by molar-refractivity contribution is 6.30. The summed E-state index contributed by atoms with van der Waals surface area (Å²) in [6.07, 6.45) is 4.64. The molecule has 0 spiro atoms. The quantitative estimate of drug-likeness (QED) is 0.399. The van der Waals surface area contributed by atoms with E-state index in [2.05, 4.69) is 6.92 Å². The summed E-state index contributed by atoms with van der Waals surface area (Å²) in [5.74, 6) is -1.02. The molecule has 0 heterocycles. The number of unbranched alkanes of at least 4 members (excludes halogenated alkanes) is 3. The maximum Gasteiger partial charge on any atom is 0.339 e. The van der Waals surface area contributed by atoms with Crippen LogP contribution in [-0.4, -0.2) is 25.2 Å². The standard InChI is InChI=1S/C22H25ClO4/c1-2-3-4-7-14-26-21(24)19-11-5-6-12-20(19)22(25)27-15-13-17-9-8-10-18(23)16-17/h5-6,8-12,16H,2-4,7,13-15H2,1H3. The van der Waals surface area contributed by atoms with Gasteiger partial charge in [-0.15, -0.1) is 0 Å². The van der Waals surface area contributed by atoms with Crippen molar-refractivity contribution in [3.05, 3.63) is 70.2 Å². The molecule has 2 rings (SSSR count). The summed E-state index contributed by atoms with van der Waals surface area (Å²) in [6, 6.07) is 14.0. The van der Waals surface area contributed by atoms with Gasteiger partial charge in [0, 0.05) is 11.4 Å². The molecule has 0 radical (unpaired) electrons. The molecule has 2 aromatic carbocycles. The first kappa shape index (κ1) is 21.0. The first-order chi connectivity index (χ1) is 13.1. The molecule has 4 nitrogen and oxygen atoms in total. The number of rotatable bonds is 10. The van der Waals surface area contributed by atoms with Crippen LogP contribution in [0.5, 0.6) is 0 Å². The zero-order valence-electron chi connectivity index (χ0n) is 15.6. The van der Waals surface area contributed by atoms with E-state index in [9.17, 15) is 9.59 Å². The fourth-order valence-electron chi connectivity index (χ4n) is 2.64. The van der Waals surface area contributed by atoms with Gasteiger partial charge in [0.25, 0.3) is 0 Å². The molecule has 0 saturated heterocycles. The molecule has 5 heteroatoms. The molecule has 0 atom stereocenters. The number of hydrogen-bond acceptors (Lipinski definition) is 4. The van der Waals surface area contributed by atoms with Crippen LogP contribution in [0.15, 0.2) is 48.5 Å². The number of carbonyl (C=O) groups is 2. The van der Waals surface area contributed by atoms with E-state index in [0.717, 1.165) is 31.2 Å². The zero-order chi connectivity index (χ0) is 19.5. The van der Waals surface area contributed by atoms with Crippen LogP contribution in [0.1, 0.15) is 58.9 Å². The molecule has 0 bridgehead atoms. The Bertz CT molecular complexity index is 757. The summed E-state index contributed by atoms with van der Waals surface area (Å²) >= 11 is 5.95. The van der Waals surface area contributed by atoms with Crippen LogP contribution in [-0.2, 0) is 15.9 Å². The summed E-state index contributed by atoms with van der Waals surface area (Å²) in [5.41, 5.74) is 1.44. The molecular weight excluding hydrogens is 364 g/mol. The van der Waals surface area contributed by atoms with Crippen LogP contribution in [0.3, 0.4) is 0 Å².